The Bertz CT molecular complexity index is 435. The second kappa shape index (κ2) is 3.97. The summed E-state index contributed by atoms with van der Waals surface area (Å²) >= 11 is 6.34. The van der Waals surface area contributed by atoms with Crippen molar-refractivity contribution in [2.45, 2.75) is 0 Å². The number of halogens is 2. The van der Waals surface area contributed by atoms with Crippen LogP contribution >= 0.6 is 31.9 Å². The molecule has 7 heteroatoms. The minimum Gasteiger partial charge on any atom is -0.485 e. The predicted octanol–water partition coefficient (Wildman–Crippen LogP) is 2.89. The van der Waals surface area contributed by atoms with E-state index >= 15 is 0 Å². The van der Waals surface area contributed by atoms with Gasteiger partial charge in [-0.1, -0.05) is 0 Å². The van der Waals surface area contributed by atoms with E-state index in [-0.39, 0.29) is 5.69 Å². The Morgan fingerprint density at radius 1 is 1.27 bits per heavy atom. The summed E-state index contributed by atoms with van der Waals surface area (Å²) < 4.78 is 11.5. The molecule has 1 aliphatic heterocycles. The average Bonchev–Trinajstić information content (AvgIpc) is 2.23. The van der Waals surface area contributed by atoms with Gasteiger partial charge >= 0.3 is 0 Å². The quantitative estimate of drug-likeness (QED) is 0.583. The van der Waals surface area contributed by atoms with E-state index in [0.29, 0.717) is 33.7 Å². The van der Waals surface area contributed by atoms with Crippen LogP contribution in [0.3, 0.4) is 0 Å². The lowest BCUT2D eigenvalue weighted by atomic mass is 10.2. The molecule has 0 radical (unpaired) electrons. The third-order valence-corrected chi connectivity index (χ3v) is 3.24. The van der Waals surface area contributed by atoms with Gasteiger partial charge in [0.1, 0.15) is 17.7 Å². The van der Waals surface area contributed by atoms with Crippen molar-refractivity contribution < 1.29 is 14.4 Å². The first-order chi connectivity index (χ1) is 7.11. The van der Waals surface area contributed by atoms with Gasteiger partial charge in [-0.15, -0.1) is 0 Å². The summed E-state index contributed by atoms with van der Waals surface area (Å²) in [5, 5.41) is 10.7. The highest BCUT2D eigenvalue weighted by atomic mass is 79.9. The van der Waals surface area contributed by atoms with E-state index in [1.54, 1.807) is 0 Å². The molecule has 0 N–H and O–H groups in total. The fraction of sp³-hybridized carbons (Fsp3) is 0.250. The first-order valence-electron chi connectivity index (χ1n) is 4.03. The number of benzene rings is 1. The van der Waals surface area contributed by atoms with Crippen LogP contribution in [0.2, 0.25) is 0 Å². The van der Waals surface area contributed by atoms with Crippen LogP contribution in [-0.2, 0) is 0 Å². The summed E-state index contributed by atoms with van der Waals surface area (Å²) in [4.78, 5) is 10.2. The smallest absolute Gasteiger partial charge is 0.288 e. The monoisotopic (exact) mass is 337 g/mol. The summed E-state index contributed by atoms with van der Waals surface area (Å²) in [5.41, 5.74) is -0.0499. The Morgan fingerprint density at radius 3 is 2.47 bits per heavy atom. The summed E-state index contributed by atoms with van der Waals surface area (Å²) in [7, 11) is 0. The second-order valence-electron chi connectivity index (χ2n) is 2.80. The lowest BCUT2D eigenvalue weighted by Gasteiger charge is -2.20. The molecule has 80 valence electrons. The molecule has 0 amide bonds. The van der Waals surface area contributed by atoms with Gasteiger partial charge in [-0.3, -0.25) is 10.1 Å². The van der Waals surface area contributed by atoms with Crippen LogP contribution in [-0.4, -0.2) is 18.1 Å². The molecule has 0 spiro atoms. The van der Waals surface area contributed by atoms with E-state index in [4.69, 9.17) is 9.47 Å². The maximum atomic E-state index is 10.7. The average molecular weight is 339 g/mol. The van der Waals surface area contributed by atoms with E-state index in [1.807, 2.05) is 0 Å². The number of nitrogens with zero attached hydrogens (tertiary/aromatic N) is 1. The molecule has 2 rings (SSSR count). The number of hydrogen-bond acceptors (Lipinski definition) is 4. The molecule has 0 unspecified atom stereocenters. The molecule has 15 heavy (non-hydrogen) atoms. The van der Waals surface area contributed by atoms with Crippen LogP contribution in [0.4, 0.5) is 5.69 Å². The maximum absolute atomic E-state index is 10.7. The molecule has 5 nitrogen and oxygen atoms in total. The SMILES string of the molecule is O=[N+]([O-])c1cc(Br)c2c(c1Br)OCCO2. The second-order valence-corrected chi connectivity index (χ2v) is 4.45. The molecule has 0 saturated carbocycles. The zero-order valence-corrected chi connectivity index (χ0v) is 10.5. The number of nitro benzene ring substituents is 1. The van der Waals surface area contributed by atoms with Crippen molar-refractivity contribution in [3.8, 4) is 11.5 Å². The Labute approximate surface area is 102 Å². The standard InChI is InChI=1S/C8H5Br2NO4/c9-4-3-5(11(12)13)6(10)8-7(4)14-1-2-15-8/h3H,1-2H2. The zero-order valence-electron chi connectivity index (χ0n) is 7.33. The predicted molar refractivity (Wildman–Crippen MR) is 59.5 cm³/mol. The normalized spacial score (nSPS) is 13.7. The van der Waals surface area contributed by atoms with Gasteiger partial charge in [-0.25, -0.2) is 0 Å². The Kier molecular flexibility index (Phi) is 2.83. The van der Waals surface area contributed by atoms with Crippen LogP contribution < -0.4 is 9.47 Å². The molecular formula is C8H5Br2NO4. The molecule has 0 fully saturated rings. The number of fused-ring (bicyclic) bond motifs is 1. The van der Waals surface area contributed by atoms with Crippen molar-refractivity contribution in [3.63, 3.8) is 0 Å². The number of nitro groups is 1. The number of rotatable bonds is 1. The minimum absolute atomic E-state index is 0.0499. The van der Waals surface area contributed by atoms with Gasteiger partial charge in [0.05, 0.1) is 9.40 Å². The van der Waals surface area contributed by atoms with E-state index < -0.39 is 4.92 Å². The summed E-state index contributed by atoms with van der Waals surface area (Å²) in [6.45, 7) is 0.828. The molecular weight excluding hydrogens is 334 g/mol. The molecule has 1 heterocycles. The summed E-state index contributed by atoms with van der Waals surface area (Å²) in [6, 6.07) is 1.39. The van der Waals surface area contributed by atoms with Crippen molar-refractivity contribution >= 4 is 37.5 Å². The third-order valence-electron chi connectivity index (χ3n) is 1.88. The fourth-order valence-electron chi connectivity index (χ4n) is 1.26. The molecule has 1 aromatic rings. The van der Waals surface area contributed by atoms with Gasteiger partial charge in [-0.2, -0.15) is 0 Å². The molecule has 0 atom stereocenters. The van der Waals surface area contributed by atoms with E-state index in [1.165, 1.54) is 6.07 Å². The highest BCUT2D eigenvalue weighted by Gasteiger charge is 2.26. The largest absolute Gasteiger partial charge is 0.485 e. The summed E-state index contributed by atoms with van der Waals surface area (Å²) in [5.74, 6) is 0.876. The highest BCUT2D eigenvalue weighted by molar-refractivity contribution is 9.11. The van der Waals surface area contributed by atoms with Gasteiger partial charge in [-0.05, 0) is 31.9 Å². The van der Waals surface area contributed by atoms with Crippen molar-refractivity contribution in [1.82, 2.24) is 0 Å². The van der Waals surface area contributed by atoms with E-state index in [9.17, 15) is 10.1 Å². The topological polar surface area (TPSA) is 61.6 Å². The fourth-order valence-corrected chi connectivity index (χ4v) is 2.32. The van der Waals surface area contributed by atoms with Crippen LogP contribution in [0, 0.1) is 10.1 Å². The number of hydrogen-bond donors (Lipinski definition) is 0. The first kappa shape index (κ1) is 10.7. The molecule has 0 aromatic heterocycles. The molecule has 0 aliphatic carbocycles. The molecule has 0 saturated heterocycles. The third kappa shape index (κ3) is 1.81. The minimum atomic E-state index is -0.479. The number of ether oxygens (including phenoxy) is 2. The van der Waals surface area contributed by atoms with Gasteiger partial charge in [0.15, 0.2) is 11.5 Å². The van der Waals surface area contributed by atoms with Crippen LogP contribution in [0.15, 0.2) is 15.0 Å². The molecule has 1 aliphatic rings. The van der Waals surface area contributed by atoms with Crippen LogP contribution in [0.5, 0.6) is 11.5 Å². The Balaban J connectivity index is 2.64. The van der Waals surface area contributed by atoms with Crippen molar-refractivity contribution in [3.05, 3.63) is 25.1 Å². The Hall–Kier alpha value is -0.820. The van der Waals surface area contributed by atoms with Crippen molar-refractivity contribution in [2.75, 3.05) is 13.2 Å². The van der Waals surface area contributed by atoms with E-state index in [0.717, 1.165) is 0 Å². The summed E-state index contributed by atoms with van der Waals surface area (Å²) in [6.07, 6.45) is 0. The van der Waals surface area contributed by atoms with Gasteiger partial charge in [0, 0.05) is 6.07 Å². The van der Waals surface area contributed by atoms with Gasteiger partial charge in [0.2, 0.25) is 0 Å². The van der Waals surface area contributed by atoms with Crippen LogP contribution in [0.1, 0.15) is 0 Å². The lowest BCUT2D eigenvalue weighted by molar-refractivity contribution is -0.385. The van der Waals surface area contributed by atoms with Gasteiger partial charge in [0.25, 0.3) is 5.69 Å². The molecule has 0 bridgehead atoms. The highest BCUT2D eigenvalue weighted by Crippen LogP contribution is 2.47. The van der Waals surface area contributed by atoms with Crippen LogP contribution in [0.25, 0.3) is 0 Å². The van der Waals surface area contributed by atoms with Crippen molar-refractivity contribution in [1.29, 1.82) is 0 Å². The molecule has 1 aromatic carbocycles. The van der Waals surface area contributed by atoms with Gasteiger partial charge < -0.3 is 9.47 Å². The Morgan fingerprint density at radius 2 is 1.87 bits per heavy atom. The first-order valence-corrected chi connectivity index (χ1v) is 5.62. The maximum Gasteiger partial charge on any atom is 0.288 e. The van der Waals surface area contributed by atoms with Crippen molar-refractivity contribution in [2.24, 2.45) is 0 Å². The zero-order chi connectivity index (χ0) is 11.0. The lowest BCUT2D eigenvalue weighted by Crippen LogP contribution is -2.16. The van der Waals surface area contributed by atoms with E-state index in [2.05, 4.69) is 31.9 Å².